The molecule has 3 aromatic rings. The highest BCUT2D eigenvalue weighted by Crippen LogP contribution is 2.09. The van der Waals surface area contributed by atoms with E-state index in [1.54, 1.807) is 12.4 Å². The maximum absolute atomic E-state index is 12.0. The molecule has 2 aromatic carbocycles. The zero-order chi connectivity index (χ0) is 13.8. The average Bonchev–Trinajstić information content (AvgIpc) is 2.53. The number of hydrogen-bond acceptors (Lipinski definition) is 2. The predicted octanol–water partition coefficient (Wildman–Crippen LogP) is 3.31. The normalized spacial score (nSPS) is 10.4. The van der Waals surface area contributed by atoms with Crippen LogP contribution < -0.4 is 4.57 Å². The summed E-state index contributed by atoms with van der Waals surface area (Å²) in [7, 11) is 0. The van der Waals surface area contributed by atoms with E-state index in [1.165, 1.54) is 4.57 Å². The minimum absolute atomic E-state index is 0.277. The Kier molecular flexibility index (Phi) is 3.42. The van der Waals surface area contributed by atoms with Crippen LogP contribution in [0.15, 0.2) is 73.1 Å². The van der Waals surface area contributed by atoms with Crippen LogP contribution >= 0.6 is 0 Å². The molecule has 0 saturated heterocycles. The molecule has 0 radical (unpaired) electrons. The van der Waals surface area contributed by atoms with Gasteiger partial charge in [-0.1, -0.05) is 53.1 Å². The van der Waals surface area contributed by atoms with E-state index in [1.807, 2.05) is 60.7 Å². The Labute approximate surface area is 117 Å². The molecular formula is C17H14NO2+. The first-order chi connectivity index (χ1) is 9.83. The lowest BCUT2D eigenvalue weighted by Crippen LogP contribution is -2.42. The second-order valence-corrected chi connectivity index (χ2v) is 4.52. The Hall–Kier alpha value is -2.68. The molecule has 3 rings (SSSR count). The molecular weight excluding hydrogens is 250 g/mol. The molecule has 0 bridgehead atoms. The molecule has 0 aliphatic heterocycles. The summed E-state index contributed by atoms with van der Waals surface area (Å²) in [4.78, 5) is 12.0. The van der Waals surface area contributed by atoms with Gasteiger partial charge in [0.25, 0.3) is 0 Å². The van der Waals surface area contributed by atoms with E-state index in [9.17, 15) is 4.79 Å². The lowest BCUT2D eigenvalue weighted by Gasteiger charge is -2.01. The van der Waals surface area contributed by atoms with Crippen molar-refractivity contribution in [2.45, 2.75) is 6.61 Å². The highest BCUT2D eigenvalue weighted by atomic mass is 16.5. The summed E-state index contributed by atoms with van der Waals surface area (Å²) in [5, 5.41) is 2.10. The van der Waals surface area contributed by atoms with E-state index in [0.29, 0.717) is 0 Å². The van der Waals surface area contributed by atoms with Gasteiger partial charge in [0.2, 0.25) is 0 Å². The SMILES string of the molecule is O=C(OCc1ccccc1)[n+]1ccc2ccccc2c1. The topological polar surface area (TPSA) is 30.2 Å². The molecule has 0 aliphatic carbocycles. The highest BCUT2D eigenvalue weighted by Gasteiger charge is 2.16. The first kappa shape index (κ1) is 12.4. The van der Waals surface area contributed by atoms with Crippen LogP contribution in [0.2, 0.25) is 0 Å². The summed E-state index contributed by atoms with van der Waals surface area (Å²) in [6.07, 6.45) is 3.12. The van der Waals surface area contributed by atoms with Gasteiger partial charge in [0.1, 0.15) is 6.61 Å². The largest absolute Gasteiger partial charge is 0.602 e. The summed E-state index contributed by atoms with van der Waals surface area (Å²) in [5.74, 6) is 0. The fraction of sp³-hybridized carbons (Fsp3) is 0.0588. The van der Waals surface area contributed by atoms with E-state index >= 15 is 0 Å². The number of nitrogens with zero attached hydrogens (tertiary/aromatic N) is 1. The number of aromatic nitrogens is 1. The molecule has 0 spiro atoms. The molecule has 0 unspecified atom stereocenters. The number of benzene rings is 2. The third-order valence-corrected chi connectivity index (χ3v) is 3.10. The third kappa shape index (κ3) is 2.67. The van der Waals surface area contributed by atoms with Crippen molar-refractivity contribution in [2.75, 3.05) is 0 Å². The quantitative estimate of drug-likeness (QED) is 0.665. The summed E-state index contributed by atoms with van der Waals surface area (Å²) in [6, 6.07) is 19.4. The smallest absolute Gasteiger partial charge is 0.407 e. The third-order valence-electron chi connectivity index (χ3n) is 3.10. The van der Waals surface area contributed by atoms with Crippen molar-refractivity contribution in [2.24, 2.45) is 0 Å². The molecule has 0 fully saturated rings. The van der Waals surface area contributed by atoms with E-state index in [0.717, 1.165) is 16.3 Å². The van der Waals surface area contributed by atoms with Gasteiger partial charge in [-0.3, -0.25) is 0 Å². The van der Waals surface area contributed by atoms with Gasteiger partial charge in [0, 0.05) is 11.5 Å². The lowest BCUT2D eigenvalue weighted by atomic mass is 10.2. The molecule has 3 nitrogen and oxygen atoms in total. The Balaban J connectivity index is 1.75. The van der Waals surface area contributed by atoms with Crippen LogP contribution in [0.1, 0.15) is 5.56 Å². The molecule has 98 valence electrons. The minimum atomic E-state index is -0.375. The van der Waals surface area contributed by atoms with Gasteiger partial charge >= 0.3 is 6.09 Å². The number of pyridine rings is 1. The van der Waals surface area contributed by atoms with Crippen molar-refractivity contribution >= 4 is 16.9 Å². The van der Waals surface area contributed by atoms with Gasteiger partial charge < -0.3 is 4.74 Å². The summed E-state index contributed by atoms with van der Waals surface area (Å²) >= 11 is 0. The Morgan fingerprint density at radius 2 is 1.60 bits per heavy atom. The molecule has 3 heteroatoms. The van der Waals surface area contributed by atoms with Gasteiger partial charge in [-0.05, 0) is 17.0 Å². The number of carbonyl (C=O) groups excluding carboxylic acids is 1. The number of rotatable bonds is 2. The van der Waals surface area contributed by atoms with Crippen molar-refractivity contribution in [3.05, 3.63) is 78.6 Å². The van der Waals surface area contributed by atoms with Crippen molar-refractivity contribution in [3.63, 3.8) is 0 Å². The van der Waals surface area contributed by atoms with Crippen molar-refractivity contribution in [1.29, 1.82) is 0 Å². The zero-order valence-electron chi connectivity index (χ0n) is 10.9. The van der Waals surface area contributed by atoms with Crippen LogP contribution in [-0.4, -0.2) is 6.09 Å². The van der Waals surface area contributed by atoms with Crippen LogP contribution in [0.25, 0.3) is 10.8 Å². The van der Waals surface area contributed by atoms with E-state index in [2.05, 4.69) is 0 Å². The molecule has 0 N–H and O–H groups in total. The molecule has 0 saturated carbocycles. The maximum Gasteiger partial charge on any atom is 0.602 e. The van der Waals surface area contributed by atoms with Gasteiger partial charge in [0.15, 0.2) is 12.4 Å². The lowest BCUT2D eigenvalue weighted by molar-refractivity contribution is -0.585. The highest BCUT2D eigenvalue weighted by molar-refractivity contribution is 5.81. The molecule has 1 aromatic heterocycles. The summed E-state index contributed by atoms with van der Waals surface area (Å²) in [6.45, 7) is 0.277. The van der Waals surface area contributed by atoms with E-state index < -0.39 is 0 Å². The maximum atomic E-state index is 12.0. The fourth-order valence-electron chi connectivity index (χ4n) is 2.04. The van der Waals surface area contributed by atoms with Crippen molar-refractivity contribution in [3.8, 4) is 0 Å². The number of fused-ring (bicyclic) bond motifs is 1. The molecule has 1 heterocycles. The predicted molar refractivity (Wildman–Crippen MR) is 76.2 cm³/mol. The summed E-state index contributed by atoms with van der Waals surface area (Å²) < 4.78 is 6.75. The second kappa shape index (κ2) is 5.53. The fourth-order valence-corrected chi connectivity index (χ4v) is 2.04. The van der Waals surface area contributed by atoms with E-state index in [-0.39, 0.29) is 12.7 Å². The number of carbonyl (C=O) groups is 1. The molecule has 20 heavy (non-hydrogen) atoms. The number of ether oxygens (including phenoxy) is 1. The Morgan fingerprint density at radius 3 is 2.40 bits per heavy atom. The van der Waals surface area contributed by atoms with Crippen LogP contribution in [0.5, 0.6) is 0 Å². The van der Waals surface area contributed by atoms with Crippen LogP contribution in [0.3, 0.4) is 0 Å². The van der Waals surface area contributed by atoms with Gasteiger partial charge in [-0.15, -0.1) is 0 Å². The van der Waals surface area contributed by atoms with Gasteiger partial charge in [-0.25, -0.2) is 0 Å². The van der Waals surface area contributed by atoms with Crippen molar-refractivity contribution < 1.29 is 14.1 Å². The average molecular weight is 264 g/mol. The van der Waals surface area contributed by atoms with Crippen LogP contribution in [0.4, 0.5) is 4.79 Å². The molecule has 0 amide bonds. The molecule has 0 atom stereocenters. The number of hydrogen-bond donors (Lipinski definition) is 0. The second-order valence-electron chi connectivity index (χ2n) is 4.52. The monoisotopic (exact) mass is 264 g/mol. The Morgan fingerprint density at radius 1 is 0.900 bits per heavy atom. The van der Waals surface area contributed by atoms with E-state index in [4.69, 9.17) is 4.74 Å². The van der Waals surface area contributed by atoms with Crippen LogP contribution in [-0.2, 0) is 11.3 Å². The van der Waals surface area contributed by atoms with Gasteiger partial charge in [0.05, 0.1) is 0 Å². The summed E-state index contributed by atoms with van der Waals surface area (Å²) in [5.41, 5.74) is 0.974. The minimum Gasteiger partial charge on any atom is -0.407 e. The standard InChI is InChI=1S/C17H14NO2/c19-17(20-13-14-6-2-1-3-7-14)18-11-10-15-8-4-5-9-16(15)12-18/h1-12H,13H2/q+1. The first-order valence-corrected chi connectivity index (χ1v) is 6.44. The Bertz CT molecular complexity index is 738. The van der Waals surface area contributed by atoms with Crippen molar-refractivity contribution in [1.82, 2.24) is 0 Å². The van der Waals surface area contributed by atoms with Gasteiger partial charge in [-0.2, -0.15) is 4.79 Å². The first-order valence-electron chi connectivity index (χ1n) is 6.44. The zero-order valence-corrected chi connectivity index (χ0v) is 10.9. The molecule has 0 aliphatic rings. The van der Waals surface area contributed by atoms with Crippen LogP contribution in [0, 0.1) is 0 Å².